The Morgan fingerprint density at radius 1 is 1.64 bits per heavy atom. The zero-order chi connectivity index (χ0) is 10.4. The van der Waals surface area contributed by atoms with E-state index in [1.165, 1.54) is 6.42 Å². The molecular formula is C10H18ClN3. The van der Waals surface area contributed by atoms with Crippen molar-refractivity contribution in [3.63, 3.8) is 0 Å². The molecule has 80 valence electrons. The van der Waals surface area contributed by atoms with Crippen LogP contribution in [0, 0.1) is 5.92 Å². The summed E-state index contributed by atoms with van der Waals surface area (Å²) in [6.45, 7) is 3.14. The number of nitrogens with one attached hydrogen (secondary N) is 1. The number of rotatable bonds is 6. The number of halogens is 1. The Kier molecular flexibility index (Phi) is 4.80. The lowest BCUT2D eigenvalue weighted by molar-refractivity contribution is 0.571. The maximum atomic E-state index is 5.72. The van der Waals surface area contributed by atoms with Crippen molar-refractivity contribution in [2.75, 3.05) is 17.7 Å². The van der Waals surface area contributed by atoms with Crippen molar-refractivity contribution >= 4 is 17.5 Å². The quantitative estimate of drug-likeness (QED) is 0.584. The number of alkyl halides is 1. The Labute approximate surface area is 90.5 Å². The van der Waals surface area contributed by atoms with Gasteiger partial charge >= 0.3 is 0 Å². The molecule has 4 heteroatoms. The van der Waals surface area contributed by atoms with Crippen molar-refractivity contribution in [3.8, 4) is 0 Å². The molecule has 0 radical (unpaired) electrons. The molecular weight excluding hydrogens is 198 g/mol. The van der Waals surface area contributed by atoms with Gasteiger partial charge in [-0.3, -0.25) is 0 Å². The van der Waals surface area contributed by atoms with Gasteiger partial charge in [-0.05, 0) is 18.8 Å². The Bertz CT molecular complexity index is 260. The number of aromatic nitrogens is 2. The Morgan fingerprint density at radius 2 is 2.43 bits per heavy atom. The summed E-state index contributed by atoms with van der Waals surface area (Å²) in [7, 11) is 1.98. The van der Waals surface area contributed by atoms with Gasteiger partial charge in [-0.2, -0.15) is 0 Å². The largest absolute Gasteiger partial charge is 0.356 e. The van der Waals surface area contributed by atoms with E-state index in [-0.39, 0.29) is 0 Å². The fourth-order valence-electron chi connectivity index (χ4n) is 1.26. The summed E-state index contributed by atoms with van der Waals surface area (Å²) < 4.78 is 1.98. The van der Waals surface area contributed by atoms with E-state index in [9.17, 15) is 0 Å². The molecule has 0 bridgehead atoms. The summed E-state index contributed by atoms with van der Waals surface area (Å²) in [6.07, 6.45) is 6.04. The second-order valence-corrected chi connectivity index (χ2v) is 4.00. The highest BCUT2D eigenvalue weighted by Crippen LogP contribution is 2.08. The van der Waals surface area contributed by atoms with E-state index in [0.29, 0.717) is 5.92 Å². The van der Waals surface area contributed by atoms with Crippen molar-refractivity contribution in [3.05, 3.63) is 12.4 Å². The van der Waals surface area contributed by atoms with Crippen molar-refractivity contribution < 1.29 is 0 Å². The fraction of sp³-hybridized carbons (Fsp3) is 0.700. The lowest BCUT2D eigenvalue weighted by Gasteiger charge is -2.08. The van der Waals surface area contributed by atoms with E-state index < -0.39 is 0 Å². The van der Waals surface area contributed by atoms with E-state index in [1.807, 2.05) is 17.8 Å². The van der Waals surface area contributed by atoms with Crippen molar-refractivity contribution in [1.82, 2.24) is 9.55 Å². The predicted molar refractivity (Wildman–Crippen MR) is 60.8 cm³/mol. The SMILES string of the molecule is CC(CCl)CCCNc1nccn1C. The van der Waals surface area contributed by atoms with Gasteiger partial charge in [0, 0.05) is 31.9 Å². The van der Waals surface area contributed by atoms with Crippen LogP contribution in [0.4, 0.5) is 5.95 Å². The first-order valence-corrected chi connectivity index (χ1v) is 5.54. The molecule has 0 aliphatic rings. The van der Waals surface area contributed by atoms with Crippen molar-refractivity contribution in [2.24, 2.45) is 13.0 Å². The van der Waals surface area contributed by atoms with Gasteiger partial charge < -0.3 is 9.88 Å². The highest BCUT2D eigenvalue weighted by molar-refractivity contribution is 6.18. The highest BCUT2D eigenvalue weighted by Gasteiger charge is 2.00. The molecule has 1 aromatic rings. The zero-order valence-corrected chi connectivity index (χ0v) is 9.59. The number of anilines is 1. The summed E-state index contributed by atoms with van der Waals surface area (Å²) in [5, 5.41) is 3.28. The number of aryl methyl sites for hydroxylation is 1. The zero-order valence-electron chi connectivity index (χ0n) is 8.83. The first-order valence-electron chi connectivity index (χ1n) is 5.01. The third kappa shape index (κ3) is 3.58. The maximum Gasteiger partial charge on any atom is 0.202 e. The van der Waals surface area contributed by atoms with E-state index >= 15 is 0 Å². The molecule has 0 aromatic carbocycles. The Morgan fingerprint density at radius 3 is 3.00 bits per heavy atom. The third-order valence-corrected chi connectivity index (χ3v) is 2.77. The molecule has 3 nitrogen and oxygen atoms in total. The monoisotopic (exact) mass is 215 g/mol. The van der Waals surface area contributed by atoms with Gasteiger partial charge in [0.1, 0.15) is 0 Å². The maximum absolute atomic E-state index is 5.72. The predicted octanol–water partition coefficient (Wildman–Crippen LogP) is 2.49. The van der Waals surface area contributed by atoms with Crippen LogP contribution in [0.15, 0.2) is 12.4 Å². The molecule has 14 heavy (non-hydrogen) atoms. The van der Waals surface area contributed by atoms with Gasteiger partial charge in [0.05, 0.1) is 0 Å². The number of imidazole rings is 1. The lowest BCUT2D eigenvalue weighted by Crippen LogP contribution is -2.08. The van der Waals surface area contributed by atoms with E-state index in [4.69, 9.17) is 11.6 Å². The average molecular weight is 216 g/mol. The molecule has 0 amide bonds. The van der Waals surface area contributed by atoms with Crippen LogP contribution in [0.3, 0.4) is 0 Å². The van der Waals surface area contributed by atoms with Crippen LogP contribution >= 0.6 is 11.6 Å². The standard InChI is InChI=1S/C10H18ClN3/c1-9(8-11)4-3-5-12-10-13-6-7-14(10)2/h6-7,9H,3-5,8H2,1-2H3,(H,12,13). The minimum atomic E-state index is 0.611. The topological polar surface area (TPSA) is 29.9 Å². The Hall–Kier alpha value is -0.700. The molecule has 0 fully saturated rings. The van der Waals surface area contributed by atoms with Crippen LogP contribution in [-0.2, 0) is 7.05 Å². The summed E-state index contributed by atoms with van der Waals surface area (Å²) >= 11 is 5.72. The fourth-order valence-corrected chi connectivity index (χ4v) is 1.42. The van der Waals surface area contributed by atoms with Crippen LogP contribution in [-0.4, -0.2) is 22.0 Å². The van der Waals surface area contributed by atoms with Crippen molar-refractivity contribution in [2.45, 2.75) is 19.8 Å². The first-order chi connectivity index (χ1) is 6.74. The highest BCUT2D eigenvalue weighted by atomic mass is 35.5. The molecule has 0 saturated carbocycles. The van der Waals surface area contributed by atoms with E-state index in [0.717, 1.165) is 24.8 Å². The van der Waals surface area contributed by atoms with Crippen LogP contribution < -0.4 is 5.32 Å². The van der Waals surface area contributed by atoms with Crippen LogP contribution in [0.1, 0.15) is 19.8 Å². The van der Waals surface area contributed by atoms with Gasteiger partial charge in [-0.15, -0.1) is 11.6 Å². The molecule has 0 aliphatic carbocycles. The second-order valence-electron chi connectivity index (χ2n) is 3.69. The summed E-state index contributed by atoms with van der Waals surface area (Å²) in [4.78, 5) is 4.18. The average Bonchev–Trinajstić information content (AvgIpc) is 2.58. The Balaban J connectivity index is 2.13. The van der Waals surface area contributed by atoms with Gasteiger partial charge in [-0.25, -0.2) is 4.98 Å². The smallest absolute Gasteiger partial charge is 0.202 e. The van der Waals surface area contributed by atoms with Crippen LogP contribution in [0.5, 0.6) is 0 Å². The molecule has 1 unspecified atom stereocenters. The molecule has 0 aliphatic heterocycles. The van der Waals surface area contributed by atoms with Gasteiger partial charge in [0.15, 0.2) is 0 Å². The van der Waals surface area contributed by atoms with Gasteiger partial charge in [0.2, 0.25) is 5.95 Å². The summed E-state index contributed by atoms with van der Waals surface area (Å²) in [6, 6.07) is 0. The third-order valence-electron chi connectivity index (χ3n) is 2.24. The minimum Gasteiger partial charge on any atom is -0.356 e. The molecule has 1 N–H and O–H groups in total. The van der Waals surface area contributed by atoms with Gasteiger partial charge in [-0.1, -0.05) is 6.92 Å². The second kappa shape index (κ2) is 5.91. The van der Waals surface area contributed by atoms with Crippen LogP contribution in [0.2, 0.25) is 0 Å². The summed E-state index contributed by atoms with van der Waals surface area (Å²) in [5.41, 5.74) is 0. The molecule has 0 saturated heterocycles. The number of nitrogens with zero attached hydrogens (tertiary/aromatic N) is 2. The number of hydrogen-bond acceptors (Lipinski definition) is 2. The molecule has 1 rings (SSSR count). The molecule has 0 spiro atoms. The van der Waals surface area contributed by atoms with Gasteiger partial charge in [0.25, 0.3) is 0 Å². The van der Waals surface area contributed by atoms with E-state index in [2.05, 4.69) is 17.2 Å². The first kappa shape index (κ1) is 11.4. The number of hydrogen-bond donors (Lipinski definition) is 1. The molecule has 1 heterocycles. The van der Waals surface area contributed by atoms with Crippen LogP contribution in [0.25, 0.3) is 0 Å². The minimum absolute atomic E-state index is 0.611. The van der Waals surface area contributed by atoms with Crippen molar-refractivity contribution in [1.29, 1.82) is 0 Å². The summed E-state index contributed by atoms with van der Waals surface area (Å²) in [5.74, 6) is 2.30. The molecule has 1 aromatic heterocycles. The normalized spacial score (nSPS) is 12.8. The lowest BCUT2D eigenvalue weighted by atomic mass is 10.1. The van der Waals surface area contributed by atoms with E-state index in [1.54, 1.807) is 6.20 Å². The molecule has 1 atom stereocenters.